The highest BCUT2D eigenvalue weighted by atomic mass is 79.9. The van der Waals surface area contributed by atoms with Gasteiger partial charge in [-0.15, -0.1) is 11.8 Å². The van der Waals surface area contributed by atoms with Crippen LogP contribution < -0.4 is 0 Å². The molecule has 0 radical (unpaired) electrons. The Hall–Kier alpha value is -1.26. The van der Waals surface area contributed by atoms with Crippen LogP contribution in [0.3, 0.4) is 0 Å². The van der Waals surface area contributed by atoms with E-state index in [9.17, 15) is 4.79 Å². The van der Waals surface area contributed by atoms with Crippen LogP contribution in [0.1, 0.15) is 31.4 Å². The molecule has 2 aromatic rings. The molecule has 1 amide bonds. The van der Waals surface area contributed by atoms with Gasteiger partial charge in [0.15, 0.2) is 0 Å². The molecule has 1 aliphatic rings. The first-order valence-electron chi connectivity index (χ1n) is 7.93. The molecule has 1 heterocycles. The minimum Gasteiger partial charge on any atom is -0.335 e. The number of carbonyl (C=O) groups is 1. The normalized spacial score (nSPS) is 18.9. The third kappa shape index (κ3) is 3.99. The molecule has 4 heteroatoms. The summed E-state index contributed by atoms with van der Waals surface area (Å²) in [6, 6.07) is 18.7. The van der Waals surface area contributed by atoms with Gasteiger partial charge in [0.25, 0.3) is 0 Å². The van der Waals surface area contributed by atoms with Gasteiger partial charge in [-0.05, 0) is 49.6 Å². The van der Waals surface area contributed by atoms with Gasteiger partial charge in [-0.1, -0.05) is 46.3 Å². The predicted molar refractivity (Wildman–Crippen MR) is 99.6 cm³/mol. The lowest BCUT2D eigenvalue weighted by Crippen LogP contribution is -2.36. The number of carbonyl (C=O) groups excluding carboxylic acids is 1. The molecule has 0 saturated carbocycles. The molecule has 2 unspecified atom stereocenters. The van der Waals surface area contributed by atoms with Crippen LogP contribution in [0.5, 0.6) is 0 Å². The van der Waals surface area contributed by atoms with Gasteiger partial charge in [0, 0.05) is 15.9 Å². The van der Waals surface area contributed by atoms with Crippen molar-refractivity contribution in [2.45, 2.75) is 36.0 Å². The Morgan fingerprint density at radius 2 is 2.00 bits per heavy atom. The largest absolute Gasteiger partial charge is 0.335 e. The number of hydrogen-bond acceptors (Lipinski definition) is 2. The predicted octanol–water partition coefficient (Wildman–Crippen LogP) is 5.29. The minimum absolute atomic E-state index is 0.0647. The Morgan fingerprint density at radius 3 is 2.74 bits per heavy atom. The van der Waals surface area contributed by atoms with Gasteiger partial charge in [0.05, 0.1) is 11.3 Å². The van der Waals surface area contributed by atoms with Crippen molar-refractivity contribution in [2.75, 3.05) is 6.54 Å². The van der Waals surface area contributed by atoms with E-state index in [2.05, 4.69) is 45.1 Å². The van der Waals surface area contributed by atoms with Crippen molar-refractivity contribution < 1.29 is 4.79 Å². The topological polar surface area (TPSA) is 20.3 Å². The number of amides is 1. The van der Waals surface area contributed by atoms with Gasteiger partial charge >= 0.3 is 0 Å². The van der Waals surface area contributed by atoms with Gasteiger partial charge in [0.2, 0.25) is 5.91 Å². The minimum atomic E-state index is -0.0647. The first-order valence-corrected chi connectivity index (χ1v) is 9.60. The van der Waals surface area contributed by atoms with E-state index in [0.717, 1.165) is 28.8 Å². The fourth-order valence-corrected chi connectivity index (χ4v) is 4.45. The number of hydrogen-bond donors (Lipinski definition) is 0. The van der Waals surface area contributed by atoms with E-state index in [4.69, 9.17) is 0 Å². The van der Waals surface area contributed by atoms with Crippen LogP contribution in [0.4, 0.5) is 0 Å². The van der Waals surface area contributed by atoms with Crippen LogP contribution in [0.25, 0.3) is 0 Å². The SMILES string of the molecule is CC(Sc1ccccc1)C(=O)N1CCCC1c1cccc(Br)c1. The average molecular weight is 390 g/mol. The summed E-state index contributed by atoms with van der Waals surface area (Å²) >= 11 is 5.17. The molecule has 0 aromatic heterocycles. The van der Waals surface area contributed by atoms with E-state index in [1.807, 2.05) is 37.3 Å². The first kappa shape index (κ1) is 16.6. The number of halogens is 1. The van der Waals surface area contributed by atoms with Crippen molar-refractivity contribution in [1.29, 1.82) is 0 Å². The van der Waals surface area contributed by atoms with E-state index < -0.39 is 0 Å². The molecule has 1 saturated heterocycles. The Balaban J connectivity index is 1.73. The fourth-order valence-electron chi connectivity index (χ4n) is 3.08. The van der Waals surface area contributed by atoms with E-state index in [-0.39, 0.29) is 17.2 Å². The Kier molecular flexibility index (Phi) is 5.44. The zero-order chi connectivity index (χ0) is 16.2. The summed E-state index contributed by atoms with van der Waals surface area (Å²) in [4.78, 5) is 16.1. The smallest absolute Gasteiger partial charge is 0.236 e. The van der Waals surface area contributed by atoms with Gasteiger partial charge in [-0.2, -0.15) is 0 Å². The molecule has 0 N–H and O–H groups in total. The third-order valence-corrected chi connectivity index (χ3v) is 5.77. The second kappa shape index (κ2) is 7.54. The monoisotopic (exact) mass is 389 g/mol. The highest BCUT2D eigenvalue weighted by molar-refractivity contribution is 9.10. The highest BCUT2D eigenvalue weighted by Crippen LogP contribution is 2.35. The Labute approximate surface area is 150 Å². The van der Waals surface area contributed by atoms with Crippen LogP contribution in [0.2, 0.25) is 0 Å². The summed E-state index contributed by atoms with van der Waals surface area (Å²) in [6.07, 6.45) is 2.12. The molecule has 0 aliphatic carbocycles. The van der Waals surface area contributed by atoms with Crippen LogP contribution in [-0.2, 0) is 4.79 Å². The molecular formula is C19H20BrNOS. The van der Waals surface area contributed by atoms with Gasteiger partial charge < -0.3 is 4.90 Å². The van der Waals surface area contributed by atoms with Crippen molar-refractivity contribution in [1.82, 2.24) is 4.90 Å². The quantitative estimate of drug-likeness (QED) is 0.661. The zero-order valence-electron chi connectivity index (χ0n) is 13.1. The third-order valence-electron chi connectivity index (χ3n) is 4.17. The van der Waals surface area contributed by atoms with Gasteiger partial charge in [-0.25, -0.2) is 0 Å². The molecule has 23 heavy (non-hydrogen) atoms. The summed E-state index contributed by atoms with van der Waals surface area (Å²) in [5.41, 5.74) is 1.22. The van der Waals surface area contributed by atoms with Crippen LogP contribution in [0, 0.1) is 0 Å². The number of nitrogens with zero attached hydrogens (tertiary/aromatic N) is 1. The highest BCUT2D eigenvalue weighted by Gasteiger charge is 2.32. The second-order valence-electron chi connectivity index (χ2n) is 5.82. The lowest BCUT2D eigenvalue weighted by atomic mass is 10.0. The summed E-state index contributed by atoms with van der Waals surface area (Å²) < 4.78 is 1.07. The van der Waals surface area contributed by atoms with Gasteiger partial charge in [0.1, 0.15) is 0 Å². The number of benzene rings is 2. The molecule has 120 valence electrons. The fraction of sp³-hybridized carbons (Fsp3) is 0.316. The van der Waals surface area contributed by atoms with E-state index in [1.54, 1.807) is 11.8 Å². The molecule has 2 aromatic carbocycles. The summed E-state index contributed by atoms with van der Waals surface area (Å²) in [6.45, 7) is 2.87. The maximum atomic E-state index is 12.9. The average Bonchev–Trinajstić information content (AvgIpc) is 3.04. The van der Waals surface area contributed by atoms with E-state index in [0.29, 0.717) is 0 Å². The zero-order valence-corrected chi connectivity index (χ0v) is 15.5. The number of rotatable bonds is 4. The number of thioether (sulfide) groups is 1. The summed E-state index contributed by atoms with van der Waals surface area (Å²) in [5, 5.41) is -0.0647. The molecule has 0 bridgehead atoms. The van der Waals surface area contributed by atoms with Crippen LogP contribution >= 0.6 is 27.7 Å². The summed E-state index contributed by atoms with van der Waals surface area (Å²) in [5.74, 6) is 0.237. The molecule has 2 nitrogen and oxygen atoms in total. The van der Waals surface area contributed by atoms with E-state index in [1.165, 1.54) is 5.56 Å². The lowest BCUT2D eigenvalue weighted by Gasteiger charge is -2.28. The molecule has 2 atom stereocenters. The van der Waals surface area contributed by atoms with Crippen molar-refractivity contribution >= 4 is 33.6 Å². The molecule has 1 fully saturated rings. The standard InChI is InChI=1S/C19H20BrNOS/c1-14(23-17-9-3-2-4-10-17)19(22)21-12-6-11-18(21)15-7-5-8-16(20)13-15/h2-5,7-10,13-14,18H,6,11-12H2,1H3. The number of likely N-dealkylation sites (tertiary alicyclic amines) is 1. The second-order valence-corrected chi connectivity index (χ2v) is 8.15. The van der Waals surface area contributed by atoms with E-state index >= 15 is 0 Å². The Bertz CT molecular complexity index is 676. The first-order chi connectivity index (χ1) is 11.1. The van der Waals surface area contributed by atoms with Crippen LogP contribution in [0.15, 0.2) is 64.0 Å². The van der Waals surface area contributed by atoms with Crippen molar-refractivity contribution in [3.63, 3.8) is 0 Å². The molecule has 3 rings (SSSR count). The van der Waals surface area contributed by atoms with Crippen molar-refractivity contribution in [2.24, 2.45) is 0 Å². The molecular weight excluding hydrogens is 370 g/mol. The molecule has 1 aliphatic heterocycles. The summed E-state index contributed by atoms with van der Waals surface area (Å²) in [7, 11) is 0. The van der Waals surface area contributed by atoms with Crippen molar-refractivity contribution in [3.05, 3.63) is 64.6 Å². The van der Waals surface area contributed by atoms with Crippen LogP contribution in [-0.4, -0.2) is 22.6 Å². The molecule has 0 spiro atoms. The van der Waals surface area contributed by atoms with Gasteiger partial charge in [-0.3, -0.25) is 4.79 Å². The van der Waals surface area contributed by atoms with Crippen molar-refractivity contribution in [3.8, 4) is 0 Å². The Morgan fingerprint density at radius 1 is 1.22 bits per heavy atom. The maximum Gasteiger partial charge on any atom is 0.236 e. The maximum absolute atomic E-state index is 12.9. The lowest BCUT2D eigenvalue weighted by molar-refractivity contribution is -0.131.